The molecule has 0 aliphatic rings. The number of nitro benzene ring substituents is 1. The van der Waals surface area contributed by atoms with Crippen LogP contribution in [0.25, 0.3) is 0 Å². The van der Waals surface area contributed by atoms with Crippen LogP contribution < -0.4 is 4.74 Å². The fraction of sp³-hybridized carbons (Fsp3) is 0.462. The predicted molar refractivity (Wildman–Crippen MR) is 69.5 cm³/mol. The lowest BCUT2D eigenvalue weighted by Crippen LogP contribution is -2.10. The Kier molecular flexibility index (Phi) is 5.78. The normalized spacial score (nSPS) is 10.0. The fourth-order valence-corrected chi connectivity index (χ4v) is 1.46. The zero-order valence-electron chi connectivity index (χ0n) is 11.0. The molecule has 0 aliphatic heterocycles. The highest BCUT2D eigenvalue weighted by atomic mass is 16.6. The molecule has 1 aromatic carbocycles. The average Bonchev–Trinajstić information content (AvgIpc) is 2.41. The molecule has 0 N–H and O–H groups in total. The SMILES string of the molecule is CCCOC(=O)c1cccc([N+](=O)[O-])c1OCCC. The van der Waals surface area contributed by atoms with Gasteiger partial charge in [0.2, 0.25) is 5.75 Å². The molecular weight excluding hydrogens is 250 g/mol. The maximum absolute atomic E-state index is 11.8. The number of carbonyl (C=O) groups excluding carboxylic acids is 1. The number of carbonyl (C=O) groups is 1. The minimum absolute atomic E-state index is 0.0181. The molecule has 0 radical (unpaired) electrons. The van der Waals surface area contributed by atoms with Gasteiger partial charge in [0, 0.05) is 6.07 Å². The average molecular weight is 267 g/mol. The van der Waals surface area contributed by atoms with Gasteiger partial charge in [-0.1, -0.05) is 19.9 Å². The summed E-state index contributed by atoms with van der Waals surface area (Å²) in [7, 11) is 0. The van der Waals surface area contributed by atoms with E-state index in [1.54, 1.807) is 0 Å². The maximum atomic E-state index is 11.8. The van der Waals surface area contributed by atoms with Crippen LogP contribution in [0.3, 0.4) is 0 Å². The summed E-state index contributed by atoms with van der Waals surface area (Å²) >= 11 is 0. The van der Waals surface area contributed by atoms with Crippen LogP contribution in [0.4, 0.5) is 5.69 Å². The largest absolute Gasteiger partial charge is 0.486 e. The van der Waals surface area contributed by atoms with Crippen LogP contribution in [-0.2, 0) is 4.74 Å². The van der Waals surface area contributed by atoms with Gasteiger partial charge in [-0.2, -0.15) is 0 Å². The van der Waals surface area contributed by atoms with E-state index in [0.717, 1.165) is 0 Å². The van der Waals surface area contributed by atoms with Gasteiger partial charge in [-0.3, -0.25) is 10.1 Å². The van der Waals surface area contributed by atoms with Gasteiger partial charge in [0.15, 0.2) is 0 Å². The lowest BCUT2D eigenvalue weighted by atomic mass is 10.1. The second-order valence-corrected chi connectivity index (χ2v) is 3.90. The van der Waals surface area contributed by atoms with E-state index < -0.39 is 10.9 Å². The fourth-order valence-electron chi connectivity index (χ4n) is 1.46. The topological polar surface area (TPSA) is 78.7 Å². The minimum Gasteiger partial charge on any atom is -0.486 e. The third-order valence-corrected chi connectivity index (χ3v) is 2.30. The third-order valence-electron chi connectivity index (χ3n) is 2.30. The molecule has 1 aromatic rings. The van der Waals surface area contributed by atoms with Gasteiger partial charge in [-0.15, -0.1) is 0 Å². The van der Waals surface area contributed by atoms with Crippen LogP contribution >= 0.6 is 0 Å². The molecular formula is C13H17NO5. The highest BCUT2D eigenvalue weighted by Gasteiger charge is 2.23. The summed E-state index contributed by atoms with van der Waals surface area (Å²) in [6.07, 6.45) is 1.38. The number of hydrogen-bond donors (Lipinski definition) is 0. The molecule has 104 valence electrons. The number of rotatable bonds is 7. The lowest BCUT2D eigenvalue weighted by Gasteiger charge is -2.10. The van der Waals surface area contributed by atoms with E-state index in [4.69, 9.17) is 9.47 Å². The number of nitro groups is 1. The van der Waals surface area contributed by atoms with Crippen molar-refractivity contribution in [2.75, 3.05) is 13.2 Å². The van der Waals surface area contributed by atoms with Crippen LogP contribution in [0.5, 0.6) is 5.75 Å². The molecule has 19 heavy (non-hydrogen) atoms. The number of benzene rings is 1. The number of hydrogen-bond acceptors (Lipinski definition) is 5. The van der Waals surface area contributed by atoms with Gasteiger partial charge < -0.3 is 9.47 Å². The lowest BCUT2D eigenvalue weighted by molar-refractivity contribution is -0.385. The summed E-state index contributed by atoms with van der Waals surface area (Å²) in [4.78, 5) is 22.2. The van der Waals surface area contributed by atoms with E-state index in [2.05, 4.69) is 0 Å². The van der Waals surface area contributed by atoms with Gasteiger partial charge >= 0.3 is 11.7 Å². The first kappa shape index (κ1) is 14.9. The monoisotopic (exact) mass is 267 g/mol. The quantitative estimate of drug-likeness (QED) is 0.431. The Morgan fingerprint density at radius 2 is 1.95 bits per heavy atom. The van der Waals surface area contributed by atoms with Gasteiger partial charge in [-0.25, -0.2) is 4.79 Å². The molecule has 0 aliphatic carbocycles. The molecule has 0 aromatic heterocycles. The number of esters is 1. The van der Waals surface area contributed by atoms with Crippen molar-refractivity contribution in [3.63, 3.8) is 0 Å². The standard InChI is InChI=1S/C13H17NO5/c1-3-8-18-12-10(13(15)19-9-4-2)6-5-7-11(12)14(16)17/h5-7H,3-4,8-9H2,1-2H3. The van der Waals surface area contributed by atoms with Crippen LogP contribution in [0.1, 0.15) is 37.0 Å². The molecule has 0 heterocycles. The second kappa shape index (κ2) is 7.35. The first-order chi connectivity index (χ1) is 9.11. The Labute approximate surface area is 111 Å². The molecule has 0 unspecified atom stereocenters. The van der Waals surface area contributed by atoms with Gasteiger partial charge in [0.25, 0.3) is 0 Å². The van der Waals surface area contributed by atoms with Crippen molar-refractivity contribution in [2.45, 2.75) is 26.7 Å². The summed E-state index contributed by atoms with van der Waals surface area (Å²) in [6.45, 7) is 4.33. The summed E-state index contributed by atoms with van der Waals surface area (Å²) in [5.41, 5.74) is -0.129. The van der Waals surface area contributed by atoms with Crippen LogP contribution in [-0.4, -0.2) is 24.1 Å². The van der Waals surface area contributed by atoms with Gasteiger partial charge in [-0.05, 0) is 18.9 Å². The van der Waals surface area contributed by atoms with Crippen molar-refractivity contribution in [3.05, 3.63) is 33.9 Å². The molecule has 0 spiro atoms. The Morgan fingerprint density at radius 1 is 1.26 bits per heavy atom. The molecule has 0 atom stereocenters. The summed E-state index contributed by atoms with van der Waals surface area (Å²) < 4.78 is 10.3. The molecule has 0 bridgehead atoms. The van der Waals surface area contributed by atoms with Crippen LogP contribution in [0, 0.1) is 10.1 Å². The van der Waals surface area contributed by atoms with Crippen LogP contribution in [0.2, 0.25) is 0 Å². The number of para-hydroxylation sites is 1. The molecule has 6 heteroatoms. The van der Waals surface area contributed by atoms with Crippen LogP contribution in [0.15, 0.2) is 18.2 Å². The minimum atomic E-state index is -0.600. The van der Waals surface area contributed by atoms with Crippen molar-refractivity contribution in [3.8, 4) is 5.75 Å². The zero-order valence-corrected chi connectivity index (χ0v) is 11.0. The number of nitrogens with zero attached hydrogens (tertiary/aromatic N) is 1. The maximum Gasteiger partial charge on any atom is 0.342 e. The second-order valence-electron chi connectivity index (χ2n) is 3.90. The van der Waals surface area contributed by atoms with E-state index in [-0.39, 0.29) is 23.6 Å². The Balaban J connectivity index is 3.10. The third kappa shape index (κ3) is 3.94. The highest BCUT2D eigenvalue weighted by Crippen LogP contribution is 2.31. The first-order valence-corrected chi connectivity index (χ1v) is 6.19. The van der Waals surface area contributed by atoms with E-state index in [0.29, 0.717) is 19.4 Å². The van der Waals surface area contributed by atoms with E-state index >= 15 is 0 Å². The first-order valence-electron chi connectivity index (χ1n) is 6.19. The Morgan fingerprint density at radius 3 is 2.53 bits per heavy atom. The molecule has 0 amide bonds. The molecule has 6 nitrogen and oxygen atoms in total. The Hall–Kier alpha value is -2.11. The van der Waals surface area contributed by atoms with Crippen molar-refractivity contribution < 1.29 is 19.2 Å². The molecule has 0 fully saturated rings. The summed E-state index contributed by atoms with van der Waals surface area (Å²) in [5.74, 6) is -0.618. The highest BCUT2D eigenvalue weighted by molar-refractivity contribution is 5.94. The smallest absolute Gasteiger partial charge is 0.342 e. The summed E-state index contributed by atoms with van der Waals surface area (Å²) in [5, 5.41) is 10.9. The van der Waals surface area contributed by atoms with Crippen molar-refractivity contribution in [1.82, 2.24) is 0 Å². The van der Waals surface area contributed by atoms with E-state index in [1.807, 2.05) is 13.8 Å². The van der Waals surface area contributed by atoms with E-state index in [9.17, 15) is 14.9 Å². The number of ether oxygens (including phenoxy) is 2. The van der Waals surface area contributed by atoms with Crippen molar-refractivity contribution in [2.24, 2.45) is 0 Å². The molecule has 0 saturated carbocycles. The predicted octanol–water partition coefficient (Wildman–Crippen LogP) is 2.95. The Bertz CT molecular complexity index is 458. The molecule has 1 rings (SSSR count). The van der Waals surface area contributed by atoms with Crippen molar-refractivity contribution in [1.29, 1.82) is 0 Å². The van der Waals surface area contributed by atoms with E-state index in [1.165, 1.54) is 18.2 Å². The van der Waals surface area contributed by atoms with Gasteiger partial charge in [0.05, 0.1) is 18.1 Å². The van der Waals surface area contributed by atoms with Gasteiger partial charge in [0.1, 0.15) is 5.56 Å². The summed E-state index contributed by atoms with van der Waals surface area (Å²) in [6, 6.07) is 4.22. The zero-order chi connectivity index (χ0) is 14.3. The molecule has 0 saturated heterocycles. The van der Waals surface area contributed by atoms with Crippen molar-refractivity contribution >= 4 is 11.7 Å².